The molecule has 26 heavy (non-hydrogen) atoms. The molecule has 0 aliphatic heterocycles. The van der Waals surface area contributed by atoms with Crippen molar-refractivity contribution in [2.45, 2.75) is 0 Å². The summed E-state index contributed by atoms with van der Waals surface area (Å²) in [7, 11) is 3.14. The molecule has 0 aliphatic carbocycles. The first-order valence-electron chi connectivity index (χ1n) is 7.60. The van der Waals surface area contributed by atoms with E-state index in [4.69, 9.17) is 9.47 Å². The fourth-order valence-electron chi connectivity index (χ4n) is 2.18. The topological polar surface area (TPSA) is 72.5 Å². The number of ether oxygens (including phenoxy) is 2. The summed E-state index contributed by atoms with van der Waals surface area (Å²) in [6.45, 7) is 0. The normalized spacial score (nSPS) is 10.3. The van der Waals surface area contributed by atoms with Crippen molar-refractivity contribution < 1.29 is 18.7 Å². The Kier molecular flexibility index (Phi) is 5.33. The van der Waals surface area contributed by atoms with Gasteiger partial charge in [-0.1, -0.05) is 0 Å². The van der Waals surface area contributed by atoms with Crippen LogP contribution < -0.4 is 20.1 Å². The summed E-state index contributed by atoms with van der Waals surface area (Å²) in [5.41, 5.74) is 1.46. The molecule has 0 saturated carbocycles. The number of carbonyl (C=O) groups is 1. The van der Waals surface area contributed by atoms with Crippen LogP contribution in [0, 0.1) is 5.82 Å². The van der Waals surface area contributed by atoms with Crippen molar-refractivity contribution in [3.05, 3.63) is 59.4 Å². The zero-order valence-corrected chi connectivity index (χ0v) is 14.9. The van der Waals surface area contributed by atoms with E-state index >= 15 is 0 Å². The molecule has 0 aliphatic rings. The molecule has 0 bridgehead atoms. The van der Waals surface area contributed by atoms with E-state index in [2.05, 4.69) is 15.6 Å². The van der Waals surface area contributed by atoms with Gasteiger partial charge in [0.05, 0.1) is 19.9 Å². The number of rotatable bonds is 6. The molecular weight excluding hydrogens is 357 g/mol. The highest BCUT2D eigenvalue weighted by atomic mass is 32.1. The van der Waals surface area contributed by atoms with Crippen LogP contribution >= 0.6 is 11.3 Å². The van der Waals surface area contributed by atoms with Crippen molar-refractivity contribution in [3.8, 4) is 11.5 Å². The largest absolute Gasteiger partial charge is 0.497 e. The number of methoxy groups -OCH3 is 2. The summed E-state index contributed by atoms with van der Waals surface area (Å²) in [6.07, 6.45) is 0. The molecular formula is C18H16FN3O3S. The standard InChI is InChI=1S/C18H16FN3O3S/c1-24-13-7-8-14(16(9-13)25-2)21-18-22-15(10-26-18)17(23)20-12-5-3-11(19)4-6-12/h3-10H,1-2H3,(H,20,23)(H,21,22). The third-order valence-corrected chi connectivity index (χ3v) is 4.25. The lowest BCUT2D eigenvalue weighted by atomic mass is 10.3. The summed E-state index contributed by atoms with van der Waals surface area (Å²) >= 11 is 1.29. The first-order valence-corrected chi connectivity index (χ1v) is 8.48. The van der Waals surface area contributed by atoms with Gasteiger partial charge in [0.2, 0.25) is 0 Å². The van der Waals surface area contributed by atoms with Crippen molar-refractivity contribution in [2.75, 3.05) is 24.9 Å². The second kappa shape index (κ2) is 7.83. The number of nitrogens with zero attached hydrogens (tertiary/aromatic N) is 1. The molecule has 3 rings (SSSR count). The smallest absolute Gasteiger partial charge is 0.275 e. The number of hydrogen-bond donors (Lipinski definition) is 2. The van der Waals surface area contributed by atoms with Gasteiger partial charge in [-0.25, -0.2) is 9.37 Å². The number of anilines is 3. The number of thiazole rings is 1. The predicted molar refractivity (Wildman–Crippen MR) is 99.3 cm³/mol. The van der Waals surface area contributed by atoms with Gasteiger partial charge in [-0.2, -0.15) is 0 Å². The second-order valence-electron chi connectivity index (χ2n) is 5.19. The van der Waals surface area contributed by atoms with Gasteiger partial charge in [-0.3, -0.25) is 4.79 Å². The molecule has 0 atom stereocenters. The van der Waals surface area contributed by atoms with Crippen molar-refractivity contribution in [3.63, 3.8) is 0 Å². The fourth-order valence-corrected chi connectivity index (χ4v) is 2.88. The minimum atomic E-state index is -0.373. The Balaban J connectivity index is 1.71. The quantitative estimate of drug-likeness (QED) is 0.674. The lowest BCUT2D eigenvalue weighted by molar-refractivity contribution is 0.102. The van der Waals surface area contributed by atoms with Crippen LogP contribution in [0.2, 0.25) is 0 Å². The summed E-state index contributed by atoms with van der Waals surface area (Å²) in [5.74, 6) is 0.530. The van der Waals surface area contributed by atoms with E-state index in [0.29, 0.717) is 28.0 Å². The number of halogens is 1. The molecule has 134 valence electrons. The second-order valence-corrected chi connectivity index (χ2v) is 6.05. The third-order valence-electron chi connectivity index (χ3n) is 3.49. The molecule has 2 aromatic carbocycles. The van der Waals surface area contributed by atoms with Crippen LogP contribution in [0.15, 0.2) is 47.8 Å². The Labute approximate surface area is 153 Å². The van der Waals surface area contributed by atoms with Crippen LogP contribution in [-0.2, 0) is 0 Å². The lowest BCUT2D eigenvalue weighted by Crippen LogP contribution is -2.12. The van der Waals surface area contributed by atoms with Gasteiger partial charge in [-0.15, -0.1) is 11.3 Å². The Bertz CT molecular complexity index is 912. The third kappa shape index (κ3) is 4.09. The molecule has 1 amide bonds. The number of nitrogens with one attached hydrogen (secondary N) is 2. The van der Waals surface area contributed by atoms with Crippen molar-refractivity contribution in [2.24, 2.45) is 0 Å². The van der Waals surface area contributed by atoms with Gasteiger partial charge in [0.1, 0.15) is 23.0 Å². The van der Waals surface area contributed by atoms with Crippen LogP contribution in [0.5, 0.6) is 11.5 Å². The predicted octanol–water partition coefficient (Wildman–Crippen LogP) is 4.30. The van der Waals surface area contributed by atoms with Crippen LogP contribution in [0.25, 0.3) is 0 Å². The van der Waals surface area contributed by atoms with Crippen LogP contribution in [0.4, 0.5) is 20.9 Å². The maximum absolute atomic E-state index is 12.9. The molecule has 6 nitrogen and oxygen atoms in total. The maximum Gasteiger partial charge on any atom is 0.275 e. The molecule has 0 unspecified atom stereocenters. The number of benzene rings is 2. The Morgan fingerprint density at radius 1 is 1.12 bits per heavy atom. The molecule has 0 radical (unpaired) electrons. The van der Waals surface area contributed by atoms with Crippen LogP contribution in [-0.4, -0.2) is 25.1 Å². The fraction of sp³-hybridized carbons (Fsp3) is 0.111. The highest BCUT2D eigenvalue weighted by molar-refractivity contribution is 7.14. The van der Waals surface area contributed by atoms with E-state index in [-0.39, 0.29) is 17.4 Å². The SMILES string of the molecule is COc1ccc(Nc2nc(C(=O)Nc3ccc(F)cc3)cs2)c(OC)c1. The number of amides is 1. The minimum Gasteiger partial charge on any atom is -0.497 e. The van der Waals surface area contributed by atoms with E-state index in [0.717, 1.165) is 0 Å². The average Bonchev–Trinajstić information content (AvgIpc) is 3.12. The van der Waals surface area contributed by atoms with Crippen LogP contribution in [0.1, 0.15) is 10.5 Å². The van der Waals surface area contributed by atoms with Gasteiger partial charge in [0.25, 0.3) is 5.91 Å². The summed E-state index contributed by atoms with van der Waals surface area (Å²) < 4.78 is 23.4. The molecule has 0 saturated heterocycles. The number of aromatic nitrogens is 1. The summed E-state index contributed by atoms with van der Waals surface area (Å²) in [5, 5.41) is 7.96. The van der Waals surface area contributed by atoms with Gasteiger partial charge in [0.15, 0.2) is 5.13 Å². The number of carbonyl (C=O) groups excluding carboxylic acids is 1. The molecule has 1 aromatic heterocycles. The first-order chi connectivity index (χ1) is 12.6. The number of hydrogen-bond acceptors (Lipinski definition) is 6. The highest BCUT2D eigenvalue weighted by Crippen LogP contribution is 2.32. The van der Waals surface area contributed by atoms with Crippen LogP contribution in [0.3, 0.4) is 0 Å². The minimum absolute atomic E-state index is 0.259. The lowest BCUT2D eigenvalue weighted by Gasteiger charge is -2.10. The highest BCUT2D eigenvalue weighted by Gasteiger charge is 2.13. The molecule has 2 N–H and O–H groups in total. The van der Waals surface area contributed by atoms with Gasteiger partial charge < -0.3 is 20.1 Å². The molecule has 1 heterocycles. The molecule has 8 heteroatoms. The van der Waals surface area contributed by atoms with Gasteiger partial charge >= 0.3 is 0 Å². The average molecular weight is 373 g/mol. The maximum atomic E-state index is 12.9. The van der Waals surface area contributed by atoms with Gasteiger partial charge in [-0.05, 0) is 36.4 Å². The molecule has 0 fully saturated rings. The zero-order chi connectivity index (χ0) is 18.5. The monoisotopic (exact) mass is 373 g/mol. The summed E-state index contributed by atoms with van der Waals surface area (Å²) in [6, 6.07) is 10.9. The zero-order valence-electron chi connectivity index (χ0n) is 14.1. The van der Waals surface area contributed by atoms with E-state index < -0.39 is 0 Å². The Morgan fingerprint density at radius 3 is 2.58 bits per heavy atom. The molecule has 3 aromatic rings. The van der Waals surface area contributed by atoms with Crippen molar-refractivity contribution in [1.29, 1.82) is 0 Å². The van der Waals surface area contributed by atoms with E-state index in [1.54, 1.807) is 37.8 Å². The van der Waals surface area contributed by atoms with Crippen molar-refractivity contribution >= 4 is 33.8 Å². The first kappa shape index (κ1) is 17.7. The molecule has 0 spiro atoms. The Hall–Kier alpha value is -3.13. The van der Waals surface area contributed by atoms with E-state index in [1.165, 1.54) is 35.6 Å². The van der Waals surface area contributed by atoms with E-state index in [9.17, 15) is 9.18 Å². The Morgan fingerprint density at radius 2 is 1.88 bits per heavy atom. The van der Waals surface area contributed by atoms with Crippen molar-refractivity contribution in [1.82, 2.24) is 4.98 Å². The van der Waals surface area contributed by atoms with Gasteiger partial charge in [0, 0.05) is 17.1 Å². The summed E-state index contributed by atoms with van der Waals surface area (Å²) in [4.78, 5) is 16.5. The van der Waals surface area contributed by atoms with E-state index in [1.807, 2.05) is 0 Å².